The van der Waals surface area contributed by atoms with E-state index in [1.165, 1.54) is 23.8 Å². The van der Waals surface area contributed by atoms with Gasteiger partial charge in [0, 0.05) is 18.5 Å². The summed E-state index contributed by atoms with van der Waals surface area (Å²) in [6.07, 6.45) is 7.82. The van der Waals surface area contributed by atoms with Crippen molar-refractivity contribution in [1.82, 2.24) is 14.9 Å². The van der Waals surface area contributed by atoms with Crippen molar-refractivity contribution in [2.45, 2.75) is 19.8 Å². The molecule has 5 N–H and O–H groups in total. The van der Waals surface area contributed by atoms with Gasteiger partial charge in [-0.3, -0.25) is 14.7 Å². The molecule has 0 aliphatic carbocycles. The van der Waals surface area contributed by atoms with Gasteiger partial charge in [0.2, 0.25) is 0 Å². The lowest BCUT2D eigenvalue weighted by atomic mass is 10.00. The zero-order chi connectivity index (χ0) is 26.6. The molecule has 0 spiro atoms. The summed E-state index contributed by atoms with van der Waals surface area (Å²) in [6, 6.07) is 11.9. The number of rotatable bonds is 9. The van der Waals surface area contributed by atoms with Crippen LogP contribution in [0.2, 0.25) is 0 Å². The number of anilines is 4. The van der Waals surface area contributed by atoms with Gasteiger partial charge in [-0.2, -0.15) is 0 Å². The molecule has 1 aliphatic heterocycles. The maximum Gasteiger partial charge on any atom is 0.250 e. The van der Waals surface area contributed by atoms with Gasteiger partial charge in [0.15, 0.2) is 0 Å². The Labute approximate surface area is 220 Å². The van der Waals surface area contributed by atoms with E-state index in [-0.39, 0.29) is 11.3 Å². The fourth-order valence-electron chi connectivity index (χ4n) is 4.86. The van der Waals surface area contributed by atoms with E-state index in [9.17, 15) is 9.18 Å². The lowest BCUT2D eigenvalue weighted by Crippen LogP contribution is -2.30. The van der Waals surface area contributed by atoms with Crippen molar-refractivity contribution in [1.29, 1.82) is 0 Å². The van der Waals surface area contributed by atoms with Gasteiger partial charge in [-0.1, -0.05) is 19.1 Å². The molecule has 9 heteroatoms. The number of aromatic amines is 1. The second-order valence-corrected chi connectivity index (χ2v) is 9.34. The molecular formula is C29H31FN6O2. The second-order valence-electron chi connectivity index (χ2n) is 9.34. The Morgan fingerprint density at radius 2 is 2.00 bits per heavy atom. The number of methoxy groups -OCH3 is 1. The predicted octanol–water partition coefficient (Wildman–Crippen LogP) is 5.80. The van der Waals surface area contributed by atoms with Crippen molar-refractivity contribution < 1.29 is 13.9 Å². The summed E-state index contributed by atoms with van der Waals surface area (Å²) in [5, 5.41) is 7.32. The van der Waals surface area contributed by atoms with Crippen LogP contribution in [0.1, 0.15) is 35.7 Å². The Hall–Kier alpha value is -4.37. The number of carbonyl (C=O) groups excluding carboxylic acids is 1. The zero-order valence-corrected chi connectivity index (χ0v) is 21.5. The van der Waals surface area contributed by atoms with E-state index in [2.05, 4.69) is 50.6 Å². The van der Waals surface area contributed by atoms with Crippen LogP contribution in [0, 0.1) is 5.82 Å². The number of amides is 1. The number of aromatic nitrogens is 2. The number of carbonyl (C=O) groups is 1. The topological polar surface area (TPSA) is 108 Å². The quantitative estimate of drug-likeness (QED) is 0.225. The van der Waals surface area contributed by atoms with Gasteiger partial charge >= 0.3 is 0 Å². The van der Waals surface area contributed by atoms with E-state index in [0.717, 1.165) is 66.2 Å². The van der Waals surface area contributed by atoms with Gasteiger partial charge in [0.05, 0.1) is 47.6 Å². The summed E-state index contributed by atoms with van der Waals surface area (Å²) in [6.45, 7) is 5.35. The maximum absolute atomic E-state index is 13.9. The third kappa shape index (κ3) is 5.33. The number of benzene rings is 2. The minimum atomic E-state index is -0.651. The van der Waals surface area contributed by atoms with Crippen molar-refractivity contribution in [2.24, 2.45) is 5.73 Å². The highest BCUT2D eigenvalue weighted by molar-refractivity contribution is 6.02. The molecule has 8 nitrogen and oxygen atoms in total. The molecule has 1 aliphatic rings. The number of hydrogen-bond acceptors (Lipinski definition) is 6. The lowest BCUT2D eigenvalue weighted by molar-refractivity contribution is 0.100. The molecule has 3 heterocycles. The van der Waals surface area contributed by atoms with E-state index in [1.54, 1.807) is 19.5 Å². The van der Waals surface area contributed by atoms with Crippen LogP contribution in [-0.2, 0) is 0 Å². The maximum atomic E-state index is 13.9. The first-order chi connectivity index (χ1) is 18.4. The number of ether oxygens (including phenoxy) is 1. The first-order valence-electron chi connectivity index (χ1n) is 12.6. The van der Waals surface area contributed by atoms with Gasteiger partial charge in [-0.05, 0) is 66.9 Å². The molecule has 0 saturated carbocycles. The summed E-state index contributed by atoms with van der Waals surface area (Å²) < 4.78 is 19.6. The van der Waals surface area contributed by atoms with Crippen molar-refractivity contribution >= 4 is 45.3 Å². The van der Waals surface area contributed by atoms with Crippen molar-refractivity contribution in [3.05, 3.63) is 77.9 Å². The molecule has 1 amide bonds. The van der Waals surface area contributed by atoms with Crippen LogP contribution < -0.4 is 21.1 Å². The van der Waals surface area contributed by atoms with Crippen LogP contribution in [0.3, 0.4) is 0 Å². The van der Waals surface area contributed by atoms with E-state index in [0.29, 0.717) is 5.69 Å². The number of fused-ring (bicyclic) bond motifs is 1. The molecule has 4 aromatic rings. The Morgan fingerprint density at radius 3 is 2.79 bits per heavy atom. The van der Waals surface area contributed by atoms with Crippen LogP contribution in [-0.4, -0.2) is 47.5 Å². The first-order valence-corrected chi connectivity index (χ1v) is 12.6. The minimum absolute atomic E-state index is 0.188. The Kier molecular flexibility index (Phi) is 7.28. The molecule has 196 valence electrons. The molecule has 0 unspecified atom stereocenters. The minimum Gasteiger partial charge on any atom is -0.495 e. The second kappa shape index (κ2) is 10.9. The molecule has 0 atom stereocenters. The lowest BCUT2D eigenvalue weighted by Gasteiger charge is -2.27. The predicted molar refractivity (Wildman–Crippen MR) is 150 cm³/mol. The highest BCUT2D eigenvalue weighted by atomic mass is 19.1. The highest BCUT2D eigenvalue weighted by Crippen LogP contribution is 2.35. The van der Waals surface area contributed by atoms with Gasteiger partial charge in [-0.15, -0.1) is 0 Å². The van der Waals surface area contributed by atoms with Crippen LogP contribution in [0.15, 0.2) is 60.9 Å². The number of halogens is 1. The van der Waals surface area contributed by atoms with Gasteiger partial charge in [0.1, 0.15) is 17.4 Å². The molecule has 2 aromatic carbocycles. The molecule has 0 fully saturated rings. The van der Waals surface area contributed by atoms with Crippen molar-refractivity contribution in [3.8, 4) is 5.75 Å². The average molecular weight is 515 g/mol. The molecule has 0 saturated heterocycles. The number of nitrogens with two attached hydrogens (primary N) is 1. The number of pyridine rings is 1. The Bertz CT molecular complexity index is 1510. The van der Waals surface area contributed by atoms with Crippen LogP contribution >= 0.6 is 0 Å². The molecular weight excluding hydrogens is 483 g/mol. The molecule has 38 heavy (non-hydrogen) atoms. The molecule has 0 bridgehead atoms. The highest BCUT2D eigenvalue weighted by Gasteiger charge is 2.16. The fraction of sp³-hybridized carbons (Fsp3) is 0.241. The smallest absolute Gasteiger partial charge is 0.250 e. The number of nitrogens with one attached hydrogen (secondary N) is 3. The summed E-state index contributed by atoms with van der Waals surface area (Å²) in [5.74, 6) is 0.327. The molecule has 0 radical (unpaired) electrons. The molecule has 5 rings (SSSR count). The summed E-state index contributed by atoms with van der Waals surface area (Å²) in [7, 11) is 1.66. The standard InChI is InChI=1S/C29H31FN6O2/c1-3-10-36-11-4-5-19(17-36)18-6-9-23(27(12-18)38-2)34-28-14-22-25(15-32-16-26(22)35-28)33-24-13-20(30)7-8-21(24)29(31)37/h5-9,12-16,33-35H,3-4,10-11,17H2,1-2H3,(H2,31,37). The monoisotopic (exact) mass is 514 g/mol. The van der Waals surface area contributed by atoms with Gasteiger partial charge in [0.25, 0.3) is 5.91 Å². The van der Waals surface area contributed by atoms with Crippen molar-refractivity contribution in [3.63, 3.8) is 0 Å². The van der Waals surface area contributed by atoms with Crippen molar-refractivity contribution in [2.75, 3.05) is 37.4 Å². The number of primary amides is 1. The largest absolute Gasteiger partial charge is 0.495 e. The van der Waals surface area contributed by atoms with E-state index < -0.39 is 11.7 Å². The van der Waals surface area contributed by atoms with Crippen LogP contribution in [0.5, 0.6) is 5.75 Å². The number of hydrogen-bond donors (Lipinski definition) is 4. The van der Waals surface area contributed by atoms with Crippen LogP contribution in [0.4, 0.5) is 27.3 Å². The third-order valence-electron chi connectivity index (χ3n) is 6.67. The summed E-state index contributed by atoms with van der Waals surface area (Å²) >= 11 is 0. The average Bonchev–Trinajstić information content (AvgIpc) is 3.33. The van der Waals surface area contributed by atoms with Gasteiger partial charge in [-0.25, -0.2) is 4.39 Å². The SMILES string of the molecule is CCCN1CCC=C(c2ccc(Nc3cc4c(Nc5cc(F)ccc5C(N)=O)cncc4[nH]3)c(OC)c2)C1. The van der Waals surface area contributed by atoms with E-state index in [4.69, 9.17) is 10.5 Å². The Morgan fingerprint density at radius 1 is 1.13 bits per heavy atom. The van der Waals surface area contributed by atoms with Gasteiger partial charge < -0.3 is 26.1 Å². The summed E-state index contributed by atoms with van der Waals surface area (Å²) in [5.41, 5.74) is 10.6. The fourth-order valence-corrected chi connectivity index (χ4v) is 4.86. The zero-order valence-electron chi connectivity index (χ0n) is 21.5. The Balaban J connectivity index is 1.41. The first kappa shape index (κ1) is 25.3. The normalized spacial score (nSPS) is 13.8. The number of H-pyrrole nitrogens is 1. The third-order valence-corrected chi connectivity index (χ3v) is 6.67. The van der Waals surface area contributed by atoms with E-state index in [1.807, 2.05) is 12.1 Å². The number of nitrogens with zero attached hydrogens (tertiary/aromatic N) is 2. The summed E-state index contributed by atoms with van der Waals surface area (Å²) in [4.78, 5) is 21.9. The molecule has 2 aromatic heterocycles. The van der Waals surface area contributed by atoms with E-state index >= 15 is 0 Å². The van der Waals surface area contributed by atoms with Crippen LogP contribution in [0.25, 0.3) is 16.5 Å².